The second-order valence-electron chi connectivity index (χ2n) is 5.59. The molecule has 1 amide bonds. The Hall–Kier alpha value is -0.650. The van der Waals surface area contributed by atoms with Gasteiger partial charge in [-0.2, -0.15) is 0 Å². The first kappa shape index (κ1) is 14.8. The molecule has 1 N–H and O–H groups in total. The van der Waals surface area contributed by atoms with Crippen LogP contribution in [0.2, 0.25) is 0 Å². The van der Waals surface area contributed by atoms with Crippen LogP contribution in [0.25, 0.3) is 0 Å². The number of piperidine rings is 1. The largest absolute Gasteiger partial charge is 0.379 e. The molecule has 2 fully saturated rings. The van der Waals surface area contributed by atoms with E-state index < -0.39 is 0 Å². The molecule has 0 spiro atoms. The van der Waals surface area contributed by atoms with Crippen molar-refractivity contribution in [2.24, 2.45) is 5.92 Å². The molecule has 2 aliphatic heterocycles. The number of carbonyl (C=O) groups excluding carboxylic acids is 1. The van der Waals surface area contributed by atoms with Gasteiger partial charge in [-0.15, -0.1) is 0 Å². The molecule has 2 heterocycles. The molecule has 0 atom stereocenters. The fourth-order valence-corrected chi connectivity index (χ4v) is 2.93. The van der Waals surface area contributed by atoms with Crippen LogP contribution in [0.3, 0.4) is 0 Å². The third-order valence-electron chi connectivity index (χ3n) is 4.07. The fraction of sp³-hybridized carbons (Fsp3) is 0.929. The molecule has 0 saturated carbocycles. The highest BCUT2D eigenvalue weighted by atomic mass is 16.5. The number of morpholine rings is 1. The molecule has 2 aliphatic rings. The van der Waals surface area contributed by atoms with Gasteiger partial charge >= 0.3 is 0 Å². The van der Waals surface area contributed by atoms with Gasteiger partial charge in [0.05, 0.1) is 19.8 Å². The zero-order valence-corrected chi connectivity index (χ0v) is 12.1. The highest BCUT2D eigenvalue weighted by Crippen LogP contribution is 2.18. The van der Waals surface area contributed by atoms with E-state index in [-0.39, 0.29) is 5.91 Å². The van der Waals surface area contributed by atoms with E-state index >= 15 is 0 Å². The van der Waals surface area contributed by atoms with E-state index in [4.69, 9.17) is 4.74 Å². The lowest BCUT2D eigenvalue weighted by atomic mass is 9.96. The minimum Gasteiger partial charge on any atom is -0.379 e. The first-order valence-electron chi connectivity index (χ1n) is 7.57. The van der Waals surface area contributed by atoms with Crippen LogP contribution in [-0.4, -0.2) is 74.7 Å². The quantitative estimate of drug-likeness (QED) is 0.772. The van der Waals surface area contributed by atoms with Gasteiger partial charge in [-0.05, 0) is 38.8 Å². The number of nitrogens with one attached hydrogen (secondary N) is 1. The standard InChI is InChI=1S/C14H27N3O2/c1-2-15-14(18)12-16-5-3-13(4-6-16)11-17-7-9-19-10-8-17/h13H,2-12H2,1H3,(H,15,18). The molecule has 0 unspecified atom stereocenters. The highest BCUT2D eigenvalue weighted by Gasteiger charge is 2.23. The molecule has 5 heteroatoms. The van der Waals surface area contributed by atoms with E-state index in [0.717, 1.165) is 51.9 Å². The molecule has 2 rings (SSSR count). The summed E-state index contributed by atoms with van der Waals surface area (Å²) in [4.78, 5) is 16.3. The Balaban J connectivity index is 1.63. The van der Waals surface area contributed by atoms with Crippen LogP contribution >= 0.6 is 0 Å². The van der Waals surface area contributed by atoms with Crippen molar-refractivity contribution in [1.82, 2.24) is 15.1 Å². The molecule has 2 saturated heterocycles. The average molecular weight is 269 g/mol. The van der Waals surface area contributed by atoms with Gasteiger partial charge in [0.2, 0.25) is 5.91 Å². The lowest BCUT2D eigenvalue weighted by Crippen LogP contribution is -2.45. The van der Waals surface area contributed by atoms with Crippen LogP contribution in [0.4, 0.5) is 0 Å². The molecular formula is C14H27N3O2. The second kappa shape index (κ2) is 7.82. The van der Waals surface area contributed by atoms with E-state index in [1.807, 2.05) is 6.92 Å². The Bertz CT molecular complexity index is 272. The number of ether oxygens (including phenoxy) is 1. The highest BCUT2D eigenvalue weighted by molar-refractivity contribution is 5.77. The van der Waals surface area contributed by atoms with Crippen molar-refractivity contribution >= 4 is 5.91 Å². The minimum atomic E-state index is 0.161. The number of amides is 1. The van der Waals surface area contributed by atoms with Gasteiger partial charge < -0.3 is 10.1 Å². The molecule has 0 aromatic rings. The predicted octanol–water partition coefficient (Wildman–Crippen LogP) is 0.167. The van der Waals surface area contributed by atoms with E-state index in [0.29, 0.717) is 6.54 Å². The van der Waals surface area contributed by atoms with Crippen molar-refractivity contribution in [1.29, 1.82) is 0 Å². The zero-order chi connectivity index (χ0) is 13.5. The maximum atomic E-state index is 11.5. The molecule has 0 aromatic heterocycles. The second-order valence-corrected chi connectivity index (χ2v) is 5.59. The van der Waals surface area contributed by atoms with Crippen LogP contribution in [-0.2, 0) is 9.53 Å². The maximum Gasteiger partial charge on any atom is 0.234 e. The van der Waals surface area contributed by atoms with Crippen molar-refractivity contribution in [2.45, 2.75) is 19.8 Å². The molecule has 0 radical (unpaired) electrons. The van der Waals surface area contributed by atoms with Gasteiger partial charge in [0.1, 0.15) is 0 Å². The SMILES string of the molecule is CCNC(=O)CN1CCC(CN2CCOCC2)CC1. The summed E-state index contributed by atoms with van der Waals surface area (Å²) in [6.07, 6.45) is 2.44. The molecule has 0 aliphatic carbocycles. The van der Waals surface area contributed by atoms with Crippen molar-refractivity contribution in [3.8, 4) is 0 Å². The Morgan fingerprint density at radius 2 is 1.84 bits per heavy atom. The molecule has 0 bridgehead atoms. The molecular weight excluding hydrogens is 242 g/mol. The topological polar surface area (TPSA) is 44.8 Å². The van der Waals surface area contributed by atoms with Gasteiger partial charge in [0, 0.05) is 26.2 Å². The Kier molecular flexibility index (Phi) is 6.07. The van der Waals surface area contributed by atoms with Crippen molar-refractivity contribution in [3.05, 3.63) is 0 Å². The third-order valence-corrected chi connectivity index (χ3v) is 4.07. The van der Waals surface area contributed by atoms with E-state index in [1.54, 1.807) is 0 Å². The van der Waals surface area contributed by atoms with E-state index in [2.05, 4.69) is 15.1 Å². The summed E-state index contributed by atoms with van der Waals surface area (Å²) < 4.78 is 5.38. The zero-order valence-electron chi connectivity index (χ0n) is 12.1. The number of hydrogen-bond acceptors (Lipinski definition) is 4. The fourth-order valence-electron chi connectivity index (χ4n) is 2.93. The monoisotopic (exact) mass is 269 g/mol. The first-order valence-corrected chi connectivity index (χ1v) is 7.57. The van der Waals surface area contributed by atoms with Gasteiger partial charge in [-0.3, -0.25) is 14.6 Å². The number of carbonyl (C=O) groups is 1. The van der Waals surface area contributed by atoms with E-state index in [1.165, 1.54) is 19.4 Å². The van der Waals surface area contributed by atoms with Crippen LogP contribution in [0, 0.1) is 5.92 Å². The van der Waals surface area contributed by atoms with E-state index in [9.17, 15) is 4.79 Å². The predicted molar refractivity (Wildman–Crippen MR) is 75.1 cm³/mol. The van der Waals surface area contributed by atoms with Crippen molar-refractivity contribution < 1.29 is 9.53 Å². The molecule has 110 valence electrons. The third kappa shape index (κ3) is 5.09. The number of likely N-dealkylation sites (tertiary alicyclic amines) is 1. The summed E-state index contributed by atoms with van der Waals surface area (Å²) in [6, 6.07) is 0. The van der Waals surface area contributed by atoms with Crippen molar-refractivity contribution in [3.63, 3.8) is 0 Å². The normalized spacial score (nSPS) is 23.4. The minimum absolute atomic E-state index is 0.161. The maximum absolute atomic E-state index is 11.5. The van der Waals surface area contributed by atoms with Crippen LogP contribution < -0.4 is 5.32 Å². The summed E-state index contributed by atoms with van der Waals surface area (Å²) in [5.74, 6) is 0.956. The molecule has 5 nitrogen and oxygen atoms in total. The lowest BCUT2D eigenvalue weighted by Gasteiger charge is -2.35. The first-order chi connectivity index (χ1) is 9.28. The Morgan fingerprint density at radius 3 is 2.47 bits per heavy atom. The summed E-state index contributed by atoms with van der Waals surface area (Å²) >= 11 is 0. The van der Waals surface area contributed by atoms with Crippen molar-refractivity contribution in [2.75, 3.05) is 59.0 Å². The molecule has 0 aromatic carbocycles. The van der Waals surface area contributed by atoms with Gasteiger partial charge in [-0.25, -0.2) is 0 Å². The molecule has 19 heavy (non-hydrogen) atoms. The number of nitrogens with zero attached hydrogens (tertiary/aromatic N) is 2. The van der Waals surface area contributed by atoms with Crippen LogP contribution in [0.15, 0.2) is 0 Å². The summed E-state index contributed by atoms with van der Waals surface area (Å²) in [5.41, 5.74) is 0. The smallest absolute Gasteiger partial charge is 0.234 e. The van der Waals surface area contributed by atoms with Crippen LogP contribution in [0.5, 0.6) is 0 Å². The number of rotatable bonds is 5. The summed E-state index contributed by atoms with van der Waals surface area (Å²) in [5, 5.41) is 2.87. The van der Waals surface area contributed by atoms with Crippen LogP contribution in [0.1, 0.15) is 19.8 Å². The van der Waals surface area contributed by atoms with Gasteiger partial charge in [0.15, 0.2) is 0 Å². The Labute approximate surface area is 116 Å². The number of hydrogen-bond donors (Lipinski definition) is 1. The lowest BCUT2D eigenvalue weighted by molar-refractivity contribution is -0.122. The van der Waals surface area contributed by atoms with Gasteiger partial charge in [-0.1, -0.05) is 0 Å². The average Bonchev–Trinajstić information content (AvgIpc) is 2.42. The summed E-state index contributed by atoms with van der Waals surface area (Å²) in [6.45, 7) is 10.5. The Morgan fingerprint density at radius 1 is 1.16 bits per heavy atom. The van der Waals surface area contributed by atoms with Gasteiger partial charge in [0.25, 0.3) is 0 Å². The number of likely N-dealkylation sites (N-methyl/N-ethyl adjacent to an activating group) is 1. The summed E-state index contributed by atoms with van der Waals surface area (Å²) in [7, 11) is 0.